The van der Waals surface area contributed by atoms with Crippen LogP contribution in [0.5, 0.6) is 0 Å². The normalized spacial score (nSPS) is 22.3. The molecule has 0 saturated carbocycles. The quantitative estimate of drug-likeness (QED) is 0.504. The van der Waals surface area contributed by atoms with Gasteiger partial charge in [-0.15, -0.1) is 11.3 Å². The highest BCUT2D eigenvalue weighted by molar-refractivity contribution is 9.10. The third kappa shape index (κ3) is 4.99. The molecule has 1 aromatic carbocycles. The Hall–Kier alpha value is -2.41. The van der Waals surface area contributed by atoms with Crippen molar-refractivity contribution < 1.29 is 28.2 Å². The largest absolute Gasteiger partial charge is 0.480 e. The molecule has 1 saturated heterocycles. The molecule has 4 rings (SSSR count). The van der Waals surface area contributed by atoms with Crippen molar-refractivity contribution in [3.05, 3.63) is 61.1 Å². The van der Waals surface area contributed by atoms with Crippen molar-refractivity contribution in [1.29, 1.82) is 0 Å². The van der Waals surface area contributed by atoms with Gasteiger partial charge in [0, 0.05) is 45.3 Å². The van der Waals surface area contributed by atoms with Crippen LogP contribution in [-0.2, 0) is 14.3 Å². The number of nitrogens with one attached hydrogen (secondary N) is 1. The zero-order valence-corrected chi connectivity index (χ0v) is 20.8. The van der Waals surface area contributed by atoms with Crippen LogP contribution in [0.25, 0.3) is 0 Å². The van der Waals surface area contributed by atoms with E-state index in [1.54, 1.807) is 29.8 Å². The summed E-state index contributed by atoms with van der Waals surface area (Å²) in [6, 6.07) is 2.72. The van der Waals surface area contributed by atoms with Crippen molar-refractivity contribution in [1.82, 2.24) is 15.2 Å². The monoisotopic (exact) mass is 574 g/mol. The minimum atomic E-state index is -3.18. The van der Waals surface area contributed by atoms with Gasteiger partial charge < -0.3 is 15.2 Å². The summed E-state index contributed by atoms with van der Waals surface area (Å²) in [6.45, 7) is -1.04. The molecule has 13 heteroatoms. The Bertz CT molecular complexity index is 1190. The summed E-state index contributed by atoms with van der Waals surface area (Å²) in [5.41, 5.74) is 0.728. The second-order valence-corrected chi connectivity index (χ2v) is 9.93. The molecule has 0 spiro atoms. The van der Waals surface area contributed by atoms with Crippen LogP contribution in [0.3, 0.4) is 0 Å². The molecule has 2 atom stereocenters. The third-order valence-electron chi connectivity index (χ3n) is 5.44. The number of nitrogens with zero attached hydrogens (tertiary/aromatic N) is 3. The molecule has 0 amide bonds. The number of amidine groups is 1. The number of likely N-dealkylation sites (tertiary alicyclic amines) is 1. The molecule has 180 valence electrons. The first-order chi connectivity index (χ1) is 16.1. The molecular formula is C21H18BrClF2N4O4S. The van der Waals surface area contributed by atoms with E-state index >= 15 is 0 Å². The number of ether oxygens (including phenoxy) is 1. The van der Waals surface area contributed by atoms with Gasteiger partial charge in [0.1, 0.15) is 12.1 Å². The van der Waals surface area contributed by atoms with Crippen molar-refractivity contribution in [3.63, 3.8) is 0 Å². The van der Waals surface area contributed by atoms with Crippen molar-refractivity contribution >= 4 is 56.6 Å². The number of alkyl halides is 2. The van der Waals surface area contributed by atoms with Gasteiger partial charge in [-0.25, -0.2) is 18.6 Å². The molecule has 1 aromatic heterocycles. The highest BCUT2D eigenvalue weighted by atomic mass is 79.9. The average Bonchev–Trinajstić information content (AvgIpc) is 3.40. The standard InChI is InChI=1S/C21H18BrClF2N4O4S/c1-33-20(32)15-13(8-29-9-21(24,25)7-14(29)19(30)31)27-17(18-26-4-5-34-18)28-16(15)11-3-2-10(22)6-12(11)23/h2-6,14,16H,7-9H2,1H3,(H,27,28)(H,30,31)/t14?,16-/m0/s1. The number of aliphatic imine (C=N–C) groups is 1. The van der Waals surface area contributed by atoms with Gasteiger partial charge in [-0.05, 0) is 12.1 Å². The van der Waals surface area contributed by atoms with E-state index in [-0.39, 0.29) is 17.8 Å². The van der Waals surface area contributed by atoms with Crippen molar-refractivity contribution in [2.45, 2.75) is 24.4 Å². The van der Waals surface area contributed by atoms with E-state index in [1.165, 1.54) is 18.4 Å². The minimum Gasteiger partial charge on any atom is -0.480 e. The first-order valence-corrected chi connectivity index (χ1v) is 12.0. The lowest BCUT2D eigenvalue weighted by Crippen LogP contribution is -2.43. The number of methoxy groups -OCH3 is 1. The lowest BCUT2D eigenvalue weighted by atomic mass is 9.95. The highest BCUT2D eigenvalue weighted by Gasteiger charge is 2.49. The Morgan fingerprint density at radius 1 is 1.44 bits per heavy atom. The summed E-state index contributed by atoms with van der Waals surface area (Å²) in [5, 5.41) is 15.1. The second kappa shape index (κ2) is 9.68. The Kier molecular flexibility index (Phi) is 7.04. The SMILES string of the molecule is COC(=O)C1=C(CN2CC(F)(F)CC2C(=O)O)NC(c2nccs2)=N[C@H]1c1ccc(Br)cc1Cl. The highest BCUT2D eigenvalue weighted by Crippen LogP contribution is 2.39. The van der Waals surface area contributed by atoms with Crippen LogP contribution in [0.2, 0.25) is 5.02 Å². The molecule has 2 aliphatic heterocycles. The Balaban J connectivity index is 1.84. The Morgan fingerprint density at radius 2 is 2.21 bits per heavy atom. The molecule has 2 aromatic rings. The van der Waals surface area contributed by atoms with Crippen LogP contribution in [0.1, 0.15) is 23.0 Å². The van der Waals surface area contributed by atoms with E-state index in [0.29, 0.717) is 25.9 Å². The third-order valence-corrected chi connectivity index (χ3v) is 7.04. The molecule has 2 aliphatic rings. The molecule has 1 fully saturated rings. The summed E-state index contributed by atoms with van der Waals surface area (Å²) in [6.07, 6.45) is 0.755. The Labute approximate surface area is 210 Å². The number of halogens is 4. The maximum Gasteiger partial charge on any atom is 0.338 e. The van der Waals surface area contributed by atoms with Gasteiger partial charge in [0.15, 0.2) is 10.8 Å². The molecule has 8 nitrogen and oxygen atoms in total. The lowest BCUT2D eigenvalue weighted by molar-refractivity contribution is -0.142. The Morgan fingerprint density at radius 3 is 2.82 bits per heavy atom. The van der Waals surface area contributed by atoms with Gasteiger partial charge in [-0.1, -0.05) is 33.6 Å². The van der Waals surface area contributed by atoms with Gasteiger partial charge in [0.2, 0.25) is 0 Å². The molecule has 0 aliphatic carbocycles. The summed E-state index contributed by atoms with van der Waals surface area (Å²) in [7, 11) is 1.19. The van der Waals surface area contributed by atoms with E-state index in [0.717, 1.165) is 4.90 Å². The number of benzene rings is 1. The maximum absolute atomic E-state index is 14.1. The number of rotatable bonds is 6. The fraction of sp³-hybridized carbons (Fsp3) is 0.333. The number of carboxylic acid groups (broad SMARTS) is 1. The van der Waals surface area contributed by atoms with Crippen molar-refractivity contribution in [3.8, 4) is 0 Å². The number of carbonyl (C=O) groups is 2. The predicted octanol–water partition coefficient (Wildman–Crippen LogP) is 3.87. The van der Waals surface area contributed by atoms with E-state index in [4.69, 9.17) is 16.3 Å². The lowest BCUT2D eigenvalue weighted by Gasteiger charge is -2.30. The number of hydrogen-bond donors (Lipinski definition) is 2. The van der Waals surface area contributed by atoms with Gasteiger partial charge >= 0.3 is 11.9 Å². The van der Waals surface area contributed by atoms with E-state index in [2.05, 4.69) is 31.2 Å². The fourth-order valence-electron chi connectivity index (χ4n) is 3.96. The number of thiazole rings is 1. The van der Waals surface area contributed by atoms with Gasteiger partial charge in [0.05, 0.1) is 19.2 Å². The molecule has 3 heterocycles. The average molecular weight is 576 g/mol. The van der Waals surface area contributed by atoms with Gasteiger partial charge in [-0.3, -0.25) is 14.7 Å². The summed E-state index contributed by atoms with van der Waals surface area (Å²) in [4.78, 5) is 34.6. The van der Waals surface area contributed by atoms with Crippen LogP contribution in [0.4, 0.5) is 8.78 Å². The topological polar surface area (TPSA) is 104 Å². The van der Waals surface area contributed by atoms with Gasteiger partial charge in [-0.2, -0.15) is 0 Å². The number of hydrogen-bond acceptors (Lipinski definition) is 8. The van der Waals surface area contributed by atoms with Crippen molar-refractivity contribution in [2.75, 3.05) is 20.2 Å². The van der Waals surface area contributed by atoms with E-state index in [1.807, 2.05) is 0 Å². The second-order valence-electron chi connectivity index (χ2n) is 7.71. The number of carboxylic acids is 1. The molecule has 2 N–H and O–H groups in total. The minimum absolute atomic E-state index is 0.0476. The first kappa shape index (κ1) is 24.7. The van der Waals surface area contributed by atoms with Gasteiger partial charge in [0.25, 0.3) is 5.92 Å². The summed E-state index contributed by atoms with van der Waals surface area (Å²) >= 11 is 11.1. The molecular weight excluding hydrogens is 558 g/mol. The first-order valence-electron chi connectivity index (χ1n) is 9.95. The van der Waals surface area contributed by atoms with Crippen LogP contribution < -0.4 is 5.32 Å². The zero-order chi connectivity index (χ0) is 24.6. The number of carbonyl (C=O) groups excluding carboxylic acids is 1. The summed E-state index contributed by atoms with van der Waals surface area (Å²) < 4.78 is 34.0. The fourth-order valence-corrected chi connectivity index (χ4v) is 5.33. The number of esters is 1. The van der Waals surface area contributed by atoms with Crippen LogP contribution in [-0.4, -0.2) is 64.9 Å². The molecule has 34 heavy (non-hydrogen) atoms. The van der Waals surface area contributed by atoms with E-state index in [9.17, 15) is 23.5 Å². The predicted molar refractivity (Wildman–Crippen MR) is 125 cm³/mol. The summed E-state index contributed by atoms with van der Waals surface area (Å²) in [5.74, 6) is -4.98. The smallest absolute Gasteiger partial charge is 0.338 e. The molecule has 0 bridgehead atoms. The van der Waals surface area contributed by atoms with Crippen molar-refractivity contribution in [2.24, 2.45) is 4.99 Å². The number of aromatic nitrogens is 1. The van der Waals surface area contributed by atoms with Crippen LogP contribution in [0, 0.1) is 0 Å². The number of aliphatic carboxylic acids is 1. The maximum atomic E-state index is 14.1. The van der Waals surface area contributed by atoms with E-state index < -0.39 is 42.9 Å². The molecule has 1 unspecified atom stereocenters. The molecule has 0 radical (unpaired) electrons. The zero-order valence-electron chi connectivity index (χ0n) is 17.6. The van der Waals surface area contributed by atoms with Crippen LogP contribution in [0.15, 0.2) is 50.5 Å². The van der Waals surface area contributed by atoms with Crippen LogP contribution >= 0.6 is 38.9 Å².